The lowest BCUT2D eigenvalue weighted by atomic mass is 10.1. The molecule has 1 rings (SSSR count). The maximum absolute atomic E-state index is 13.7. The smallest absolute Gasteiger partial charge is 0.165 e. The van der Waals surface area contributed by atoms with Crippen molar-refractivity contribution < 1.29 is 9.13 Å². The fourth-order valence-electron chi connectivity index (χ4n) is 1.60. The molecule has 0 heterocycles. The number of rotatable bonds is 7. The van der Waals surface area contributed by atoms with E-state index in [2.05, 4.69) is 33.0 Å². The summed E-state index contributed by atoms with van der Waals surface area (Å²) < 4.78 is 19.3. The van der Waals surface area contributed by atoms with E-state index in [4.69, 9.17) is 4.74 Å². The number of nitrogens with one attached hydrogen (secondary N) is 1. The molecule has 1 N–H and O–H groups in total. The largest absolute Gasteiger partial charge is 0.490 e. The number of halogens is 1. The van der Waals surface area contributed by atoms with Gasteiger partial charge in [-0.05, 0) is 24.4 Å². The molecule has 1 aromatic carbocycles. The zero-order valence-corrected chi connectivity index (χ0v) is 11.8. The molecule has 102 valence electrons. The minimum atomic E-state index is -0.278. The van der Waals surface area contributed by atoms with E-state index in [1.54, 1.807) is 6.07 Å². The first-order valence-electron chi connectivity index (χ1n) is 6.61. The van der Waals surface area contributed by atoms with Crippen LogP contribution in [0.5, 0.6) is 5.75 Å². The molecule has 0 aromatic heterocycles. The van der Waals surface area contributed by atoms with Crippen LogP contribution in [0.15, 0.2) is 18.2 Å². The molecule has 0 aliphatic heterocycles. The molecule has 0 saturated carbocycles. The third kappa shape index (κ3) is 5.05. The van der Waals surface area contributed by atoms with Gasteiger partial charge in [-0.3, -0.25) is 0 Å². The quantitative estimate of drug-likeness (QED) is 0.801. The minimum absolute atomic E-state index is 0.278. The molecular formula is C15H24FNO. The van der Waals surface area contributed by atoms with Gasteiger partial charge in [0.2, 0.25) is 0 Å². The van der Waals surface area contributed by atoms with Gasteiger partial charge in [0.15, 0.2) is 11.6 Å². The van der Waals surface area contributed by atoms with E-state index in [-0.39, 0.29) is 5.82 Å². The van der Waals surface area contributed by atoms with Gasteiger partial charge < -0.3 is 10.1 Å². The van der Waals surface area contributed by atoms with Crippen LogP contribution in [0.2, 0.25) is 0 Å². The molecule has 0 atom stereocenters. The Labute approximate surface area is 110 Å². The number of hydrogen-bond donors (Lipinski definition) is 1. The average molecular weight is 253 g/mol. The normalized spacial score (nSPS) is 11.3. The Hall–Kier alpha value is -1.09. The molecule has 0 aliphatic carbocycles. The number of benzene rings is 1. The van der Waals surface area contributed by atoms with Crippen LogP contribution in [0.1, 0.15) is 33.3 Å². The van der Waals surface area contributed by atoms with Crippen molar-refractivity contribution in [3.63, 3.8) is 0 Å². The SMILES string of the molecule is CC(C)CNCc1cccc(F)c1OCC(C)C. The average Bonchev–Trinajstić information content (AvgIpc) is 2.27. The van der Waals surface area contributed by atoms with E-state index in [1.807, 2.05) is 6.07 Å². The molecular weight excluding hydrogens is 229 g/mol. The first-order valence-corrected chi connectivity index (χ1v) is 6.61. The van der Waals surface area contributed by atoms with Crippen molar-refractivity contribution in [3.05, 3.63) is 29.6 Å². The van der Waals surface area contributed by atoms with Crippen LogP contribution >= 0.6 is 0 Å². The highest BCUT2D eigenvalue weighted by atomic mass is 19.1. The highest BCUT2D eigenvalue weighted by Gasteiger charge is 2.10. The molecule has 18 heavy (non-hydrogen) atoms. The summed E-state index contributed by atoms with van der Waals surface area (Å²) in [6.07, 6.45) is 0. The second-order valence-electron chi connectivity index (χ2n) is 5.46. The van der Waals surface area contributed by atoms with Crippen molar-refractivity contribution in [1.29, 1.82) is 0 Å². The van der Waals surface area contributed by atoms with Gasteiger partial charge in [-0.2, -0.15) is 0 Å². The van der Waals surface area contributed by atoms with Crippen molar-refractivity contribution in [3.8, 4) is 5.75 Å². The summed E-state index contributed by atoms with van der Waals surface area (Å²) in [6.45, 7) is 10.5. The van der Waals surface area contributed by atoms with E-state index < -0.39 is 0 Å². The lowest BCUT2D eigenvalue weighted by molar-refractivity contribution is 0.256. The molecule has 3 heteroatoms. The van der Waals surface area contributed by atoms with Gasteiger partial charge in [0, 0.05) is 12.1 Å². The summed E-state index contributed by atoms with van der Waals surface area (Å²) in [4.78, 5) is 0. The van der Waals surface area contributed by atoms with Crippen LogP contribution < -0.4 is 10.1 Å². The molecule has 0 saturated heterocycles. The summed E-state index contributed by atoms with van der Waals surface area (Å²) in [6, 6.07) is 5.08. The zero-order valence-electron chi connectivity index (χ0n) is 11.8. The summed E-state index contributed by atoms with van der Waals surface area (Å²) in [7, 11) is 0. The standard InChI is InChI=1S/C15H24FNO/c1-11(2)8-17-9-13-6-5-7-14(16)15(13)18-10-12(3)4/h5-7,11-12,17H,8-10H2,1-4H3. The van der Waals surface area contributed by atoms with Crippen LogP contribution in [-0.4, -0.2) is 13.2 Å². The number of hydrogen-bond acceptors (Lipinski definition) is 2. The van der Waals surface area contributed by atoms with Crippen LogP contribution in [0.3, 0.4) is 0 Å². The molecule has 0 bridgehead atoms. The molecule has 0 spiro atoms. The lowest BCUT2D eigenvalue weighted by Gasteiger charge is -2.15. The van der Waals surface area contributed by atoms with Gasteiger partial charge in [0.05, 0.1) is 6.61 Å². The van der Waals surface area contributed by atoms with Gasteiger partial charge in [0.25, 0.3) is 0 Å². The summed E-state index contributed by atoms with van der Waals surface area (Å²) in [5, 5.41) is 3.31. The van der Waals surface area contributed by atoms with Gasteiger partial charge in [-0.15, -0.1) is 0 Å². The zero-order chi connectivity index (χ0) is 13.5. The number of ether oxygens (including phenoxy) is 1. The van der Waals surface area contributed by atoms with Crippen LogP contribution in [0.25, 0.3) is 0 Å². The second kappa shape index (κ2) is 7.37. The Morgan fingerprint density at radius 1 is 1.17 bits per heavy atom. The van der Waals surface area contributed by atoms with E-state index in [0.29, 0.717) is 30.7 Å². The molecule has 0 aliphatic rings. The molecule has 0 unspecified atom stereocenters. The van der Waals surface area contributed by atoms with Crippen molar-refractivity contribution in [2.24, 2.45) is 11.8 Å². The topological polar surface area (TPSA) is 21.3 Å². The fourth-order valence-corrected chi connectivity index (χ4v) is 1.60. The maximum Gasteiger partial charge on any atom is 0.165 e. The van der Waals surface area contributed by atoms with Crippen LogP contribution in [-0.2, 0) is 6.54 Å². The summed E-state index contributed by atoms with van der Waals surface area (Å²) >= 11 is 0. The van der Waals surface area contributed by atoms with E-state index in [0.717, 1.165) is 12.1 Å². The van der Waals surface area contributed by atoms with Gasteiger partial charge in [-0.1, -0.05) is 39.8 Å². The Bertz CT molecular complexity index is 364. The van der Waals surface area contributed by atoms with E-state index >= 15 is 0 Å². The molecule has 2 nitrogen and oxygen atoms in total. The fraction of sp³-hybridized carbons (Fsp3) is 0.600. The Morgan fingerprint density at radius 3 is 2.50 bits per heavy atom. The summed E-state index contributed by atoms with van der Waals surface area (Å²) in [5.74, 6) is 1.08. The molecule has 0 radical (unpaired) electrons. The first-order chi connectivity index (χ1) is 8.50. The minimum Gasteiger partial charge on any atom is -0.490 e. The highest BCUT2D eigenvalue weighted by Crippen LogP contribution is 2.23. The third-order valence-electron chi connectivity index (χ3n) is 2.48. The molecule has 1 aromatic rings. The Balaban J connectivity index is 2.67. The van der Waals surface area contributed by atoms with Gasteiger partial charge >= 0.3 is 0 Å². The maximum atomic E-state index is 13.7. The van der Waals surface area contributed by atoms with E-state index in [9.17, 15) is 4.39 Å². The van der Waals surface area contributed by atoms with Crippen LogP contribution in [0.4, 0.5) is 4.39 Å². The lowest BCUT2D eigenvalue weighted by Crippen LogP contribution is -2.20. The Kier molecular flexibility index (Phi) is 6.13. The highest BCUT2D eigenvalue weighted by molar-refractivity contribution is 5.34. The Morgan fingerprint density at radius 2 is 1.89 bits per heavy atom. The van der Waals surface area contributed by atoms with Gasteiger partial charge in [0.1, 0.15) is 0 Å². The number of para-hydroxylation sites is 1. The van der Waals surface area contributed by atoms with E-state index in [1.165, 1.54) is 6.07 Å². The van der Waals surface area contributed by atoms with Crippen molar-refractivity contribution in [2.45, 2.75) is 34.2 Å². The van der Waals surface area contributed by atoms with Gasteiger partial charge in [-0.25, -0.2) is 4.39 Å². The monoisotopic (exact) mass is 253 g/mol. The van der Waals surface area contributed by atoms with Crippen molar-refractivity contribution >= 4 is 0 Å². The predicted molar refractivity (Wildman–Crippen MR) is 73.3 cm³/mol. The first kappa shape index (κ1) is 15.0. The van der Waals surface area contributed by atoms with Crippen molar-refractivity contribution in [2.75, 3.05) is 13.2 Å². The second-order valence-corrected chi connectivity index (χ2v) is 5.46. The van der Waals surface area contributed by atoms with Crippen molar-refractivity contribution in [1.82, 2.24) is 5.32 Å². The third-order valence-corrected chi connectivity index (χ3v) is 2.48. The summed E-state index contributed by atoms with van der Waals surface area (Å²) in [5.41, 5.74) is 0.885. The molecule has 0 fully saturated rings. The molecule has 0 amide bonds. The predicted octanol–water partition coefficient (Wildman–Crippen LogP) is 3.61. The van der Waals surface area contributed by atoms with Crippen LogP contribution in [0, 0.1) is 17.7 Å².